The van der Waals surface area contributed by atoms with Crippen LogP contribution in [0.5, 0.6) is 0 Å². The normalized spacial score (nSPS) is 12.6. The molecule has 2 rings (SSSR count). The Morgan fingerprint density at radius 2 is 2.16 bits per heavy atom. The van der Waals surface area contributed by atoms with Crippen molar-refractivity contribution in [3.05, 3.63) is 52.0 Å². The molecule has 0 radical (unpaired) electrons. The van der Waals surface area contributed by atoms with Gasteiger partial charge in [0.05, 0.1) is 16.6 Å². The van der Waals surface area contributed by atoms with E-state index in [9.17, 15) is 0 Å². The molecule has 0 aliphatic carbocycles. The highest BCUT2D eigenvalue weighted by Gasteiger charge is 2.10. The van der Waals surface area contributed by atoms with Gasteiger partial charge in [-0.3, -0.25) is 0 Å². The second-order valence-corrected chi connectivity index (χ2v) is 5.34. The van der Waals surface area contributed by atoms with Gasteiger partial charge in [-0.1, -0.05) is 42.3 Å². The Balaban J connectivity index is 2.20. The van der Waals surface area contributed by atoms with E-state index in [-0.39, 0.29) is 6.04 Å². The van der Waals surface area contributed by atoms with Crippen molar-refractivity contribution in [2.75, 3.05) is 0 Å². The molecular weight excluding hydrogens is 281 g/mol. The van der Waals surface area contributed by atoms with Crippen molar-refractivity contribution in [3.8, 4) is 0 Å². The van der Waals surface area contributed by atoms with Gasteiger partial charge in [0.25, 0.3) is 0 Å². The van der Waals surface area contributed by atoms with Crippen LogP contribution in [0.3, 0.4) is 0 Å². The minimum Gasteiger partial charge on any atom is -0.330 e. The van der Waals surface area contributed by atoms with Crippen LogP contribution in [-0.2, 0) is 13.0 Å². The first kappa shape index (κ1) is 14.4. The molecule has 1 aromatic heterocycles. The number of hydrogen-bond donors (Lipinski definition) is 1. The zero-order valence-electron chi connectivity index (χ0n) is 10.8. The molecule has 0 amide bonds. The summed E-state index contributed by atoms with van der Waals surface area (Å²) in [6.45, 7) is 2.73. The van der Waals surface area contributed by atoms with Crippen LogP contribution in [0, 0.1) is 0 Å². The van der Waals surface area contributed by atoms with Gasteiger partial charge >= 0.3 is 0 Å². The first-order chi connectivity index (χ1) is 9.11. The Bertz CT molecular complexity index is 551. The summed E-state index contributed by atoms with van der Waals surface area (Å²) in [6, 6.07) is 5.79. The van der Waals surface area contributed by atoms with E-state index < -0.39 is 0 Å². The summed E-state index contributed by atoms with van der Waals surface area (Å²) in [5, 5.41) is 1.18. The topological polar surface area (TPSA) is 43.8 Å². The number of aromatic nitrogens is 2. The Morgan fingerprint density at radius 3 is 2.89 bits per heavy atom. The molecule has 0 fully saturated rings. The fraction of sp³-hybridized carbons (Fsp3) is 0.357. The molecule has 1 unspecified atom stereocenters. The molecule has 1 aromatic carbocycles. The molecule has 1 heterocycles. The smallest absolute Gasteiger partial charge is 0.110 e. The van der Waals surface area contributed by atoms with Crippen LogP contribution in [0.4, 0.5) is 0 Å². The third-order valence-corrected chi connectivity index (χ3v) is 4.00. The third-order valence-electron chi connectivity index (χ3n) is 3.14. The maximum atomic E-state index is 6.21. The maximum Gasteiger partial charge on any atom is 0.110 e. The average molecular weight is 298 g/mol. The van der Waals surface area contributed by atoms with E-state index in [4.69, 9.17) is 28.9 Å². The van der Waals surface area contributed by atoms with Crippen LogP contribution in [0.15, 0.2) is 30.6 Å². The lowest BCUT2D eigenvalue weighted by Gasteiger charge is -2.12. The monoisotopic (exact) mass is 297 g/mol. The average Bonchev–Trinajstić information content (AvgIpc) is 2.82. The van der Waals surface area contributed by atoms with E-state index in [0.29, 0.717) is 16.6 Å². The molecule has 102 valence electrons. The second kappa shape index (κ2) is 6.42. The molecular formula is C14H17Cl2N3. The van der Waals surface area contributed by atoms with Gasteiger partial charge in [-0.25, -0.2) is 4.98 Å². The largest absolute Gasteiger partial charge is 0.330 e. The molecule has 3 nitrogen and oxygen atoms in total. The molecule has 2 N–H and O–H groups in total. The van der Waals surface area contributed by atoms with Crippen molar-refractivity contribution in [1.82, 2.24) is 9.55 Å². The summed E-state index contributed by atoms with van der Waals surface area (Å²) >= 11 is 12.2. The second-order valence-electron chi connectivity index (χ2n) is 4.56. The van der Waals surface area contributed by atoms with E-state index in [0.717, 1.165) is 24.2 Å². The molecule has 2 aromatic rings. The first-order valence-corrected chi connectivity index (χ1v) is 7.06. The lowest BCUT2D eigenvalue weighted by Crippen LogP contribution is -2.23. The van der Waals surface area contributed by atoms with Crippen LogP contribution >= 0.6 is 23.2 Å². The van der Waals surface area contributed by atoms with E-state index in [2.05, 4.69) is 16.5 Å². The van der Waals surface area contributed by atoms with Gasteiger partial charge in [0.15, 0.2) is 0 Å². The van der Waals surface area contributed by atoms with E-state index in [1.165, 1.54) is 0 Å². The van der Waals surface area contributed by atoms with Gasteiger partial charge in [0, 0.05) is 24.9 Å². The number of imidazole rings is 1. The quantitative estimate of drug-likeness (QED) is 0.918. The van der Waals surface area contributed by atoms with Crippen molar-refractivity contribution < 1.29 is 0 Å². The molecule has 0 aliphatic rings. The molecule has 0 spiro atoms. The predicted octanol–water partition coefficient (Wildman–Crippen LogP) is 3.52. The van der Waals surface area contributed by atoms with Crippen molar-refractivity contribution in [2.45, 2.75) is 32.4 Å². The number of rotatable bonds is 5. The van der Waals surface area contributed by atoms with Crippen LogP contribution in [-0.4, -0.2) is 15.6 Å². The molecule has 0 aliphatic heterocycles. The minimum atomic E-state index is 0.135. The minimum absolute atomic E-state index is 0.135. The van der Waals surface area contributed by atoms with E-state index in [1.807, 2.05) is 18.3 Å². The summed E-state index contributed by atoms with van der Waals surface area (Å²) in [7, 11) is 0. The van der Waals surface area contributed by atoms with Crippen molar-refractivity contribution in [3.63, 3.8) is 0 Å². The highest BCUT2D eigenvalue weighted by atomic mass is 35.5. The molecule has 0 saturated carbocycles. The maximum absolute atomic E-state index is 6.21. The van der Waals surface area contributed by atoms with Crippen LogP contribution in [0.2, 0.25) is 10.0 Å². The van der Waals surface area contributed by atoms with Gasteiger partial charge in [0.2, 0.25) is 0 Å². The summed E-state index contributed by atoms with van der Waals surface area (Å²) in [5.41, 5.74) is 6.96. The summed E-state index contributed by atoms with van der Waals surface area (Å²) in [6.07, 6.45) is 5.43. The molecule has 5 heteroatoms. The first-order valence-electron chi connectivity index (χ1n) is 6.30. The van der Waals surface area contributed by atoms with E-state index >= 15 is 0 Å². The number of nitrogens with zero attached hydrogens (tertiary/aromatic N) is 2. The highest BCUT2D eigenvalue weighted by Crippen LogP contribution is 2.26. The molecule has 1 atom stereocenters. The fourth-order valence-electron chi connectivity index (χ4n) is 1.91. The molecule has 0 bridgehead atoms. The zero-order valence-corrected chi connectivity index (χ0v) is 12.3. The summed E-state index contributed by atoms with van der Waals surface area (Å²) in [4.78, 5) is 4.36. The fourth-order valence-corrected chi connectivity index (χ4v) is 2.29. The highest BCUT2D eigenvalue weighted by molar-refractivity contribution is 6.42. The Labute approximate surface area is 123 Å². The molecule has 0 saturated heterocycles. The Morgan fingerprint density at radius 1 is 1.37 bits per heavy atom. The van der Waals surface area contributed by atoms with Crippen molar-refractivity contribution in [2.24, 2.45) is 5.73 Å². The molecule has 19 heavy (non-hydrogen) atoms. The third kappa shape index (κ3) is 3.50. The predicted molar refractivity (Wildman–Crippen MR) is 79.8 cm³/mol. The number of hydrogen-bond acceptors (Lipinski definition) is 2. The Kier molecular flexibility index (Phi) is 4.86. The lowest BCUT2D eigenvalue weighted by atomic mass is 10.1. The van der Waals surface area contributed by atoms with Gasteiger partial charge < -0.3 is 10.3 Å². The van der Waals surface area contributed by atoms with Crippen LogP contribution < -0.4 is 5.73 Å². The van der Waals surface area contributed by atoms with Gasteiger partial charge in [-0.15, -0.1) is 0 Å². The zero-order chi connectivity index (χ0) is 13.8. The lowest BCUT2D eigenvalue weighted by molar-refractivity contribution is 0.597. The number of halogens is 2. The van der Waals surface area contributed by atoms with Gasteiger partial charge in [-0.05, 0) is 18.1 Å². The van der Waals surface area contributed by atoms with E-state index in [1.54, 1.807) is 12.3 Å². The van der Waals surface area contributed by atoms with Crippen LogP contribution in [0.1, 0.15) is 24.7 Å². The van der Waals surface area contributed by atoms with Crippen LogP contribution in [0.25, 0.3) is 0 Å². The van der Waals surface area contributed by atoms with Crippen molar-refractivity contribution >= 4 is 23.2 Å². The Hall–Kier alpha value is -1.03. The summed E-state index contributed by atoms with van der Waals surface area (Å²) in [5.74, 6) is 0.977. The van der Waals surface area contributed by atoms with Gasteiger partial charge in [-0.2, -0.15) is 0 Å². The number of benzene rings is 1. The summed E-state index contributed by atoms with van der Waals surface area (Å²) < 4.78 is 2.06. The SMILES string of the molecule is CCC(N)Cc1nccn1Cc1cccc(Cl)c1Cl. The standard InChI is InChI=1S/C14H17Cl2N3/c1-2-11(17)8-13-18-6-7-19(13)9-10-4-3-5-12(15)14(10)16/h3-7,11H,2,8-9,17H2,1H3. The van der Waals surface area contributed by atoms with Gasteiger partial charge in [0.1, 0.15) is 5.82 Å². The van der Waals surface area contributed by atoms with Crippen molar-refractivity contribution in [1.29, 1.82) is 0 Å². The number of nitrogens with two attached hydrogens (primary N) is 1.